The Kier molecular flexibility index (Phi) is 3.62. The third-order valence-electron chi connectivity index (χ3n) is 3.69. The first-order chi connectivity index (χ1) is 10.2. The van der Waals surface area contributed by atoms with Crippen molar-refractivity contribution in [3.8, 4) is 5.75 Å². The van der Waals surface area contributed by atoms with Crippen LogP contribution in [-0.4, -0.2) is 18.2 Å². The lowest BCUT2D eigenvalue weighted by atomic mass is 9.97. The van der Waals surface area contributed by atoms with E-state index in [1.54, 1.807) is 25.3 Å². The van der Waals surface area contributed by atoms with E-state index in [-0.39, 0.29) is 5.97 Å². The summed E-state index contributed by atoms with van der Waals surface area (Å²) in [5.41, 5.74) is 2.17. The van der Waals surface area contributed by atoms with Crippen molar-refractivity contribution in [3.05, 3.63) is 65.2 Å². The van der Waals surface area contributed by atoms with Crippen molar-refractivity contribution in [1.29, 1.82) is 0 Å². The number of aliphatic hydroxyl groups excluding tert-OH is 1. The first-order valence-corrected chi connectivity index (χ1v) is 6.81. The molecule has 0 amide bonds. The summed E-state index contributed by atoms with van der Waals surface area (Å²) in [6, 6.07) is 14.5. The highest BCUT2D eigenvalue weighted by Gasteiger charge is 2.32. The number of ether oxygens (including phenoxy) is 2. The molecule has 4 nitrogen and oxygen atoms in total. The van der Waals surface area contributed by atoms with Crippen molar-refractivity contribution in [2.24, 2.45) is 0 Å². The fourth-order valence-corrected chi connectivity index (χ4v) is 2.58. The lowest BCUT2D eigenvalue weighted by Gasteiger charge is -2.16. The topological polar surface area (TPSA) is 55.8 Å². The summed E-state index contributed by atoms with van der Waals surface area (Å²) in [7, 11) is 1.58. The molecule has 0 radical (unpaired) electrons. The molecule has 0 unspecified atom stereocenters. The predicted molar refractivity (Wildman–Crippen MR) is 77.2 cm³/mol. The summed E-state index contributed by atoms with van der Waals surface area (Å²) in [5, 5.41) is 10.4. The summed E-state index contributed by atoms with van der Waals surface area (Å²) >= 11 is 0. The van der Waals surface area contributed by atoms with E-state index in [2.05, 4.69) is 0 Å². The molecule has 2 atom stereocenters. The van der Waals surface area contributed by atoms with Crippen molar-refractivity contribution in [2.45, 2.75) is 18.6 Å². The van der Waals surface area contributed by atoms with Crippen molar-refractivity contribution < 1.29 is 19.4 Å². The molecule has 1 heterocycles. The number of carbonyl (C=O) groups excluding carboxylic acids is 1. The first kappa shape index (κ1) is 13.6. The number of methoxy groups -OCH3 is 1. The van der Waals surface area contributed by atoms with E-state index in [1.165, 1.54) is 0 Å². The molecule has 0 saturated heterocycles. The SMILES string of the molecule is COc1cccc([C@@H](O)C[C@H]2OC(=O)c3ccccc32)c1. The largest absolute Gasteiger partial charge is 0.497 e. The molecule has 1 N–H and O–H groups in total. The summed E-state index contributed by atoms with van der Waals surface area (Å²) in [6.45, 7) is 0. The van der Waals surface area contributed by atoms with Crippen LogP contribution in [0.5, 0.6) is 5.75 Å². The second kappa shape index (κ2) is 5.58. The Morgan fingerprint density at radius 3 is 2.86 bits per heavy atom. The van der Waals surface area contributed by atoms with E-state index in [9.17, 15) is 9.90 Å². The number of fused-ring (bicyclic) bond motifs is 1. The van der Waals surface area contributed by atoms with Crippen LogP contribution in [-0.2, 0) is 4.74 Å². The van der Waals surface area contributed by atoms with Crippen LogP contribution in [0.2, 0.25) is 0 Å². The first-order valence-electron chi connectivity index (χ1n) is 6.81. The summed E-state index contributed by atoms with van der Waals surface area (Å²) in [6.07, 6.45) is -0.797. The minimum absolute atomic E-state index is 0.326. The molecular weight excluding hydrogens is 268 g/mol. The Morgan fingerprint density at radius 1 is 1.24 bits per heavy atom. The molecule has 0 bridgehead atoms. The minimum Gasteiger partial charge on any atom is -0.497 e. The number of carbonyl (C=O) groups is 1. The van der Waals surface area contributed by atoms with Crippen molar-refractivity contribution >= 4 is 5.97 Å². The monoisotopic (exact) mass is 284 g/mol. The van der Waals surface area contributed by atoms with E-state index < -0.39 is 12.2 Å². The fourth-order valence-electron chi connectivity index (χ4n) is 2.58. The van der Waals surface area contributed by atoms with Gasteiger partial charge in [-0.25, -0.2) is 4.79 Å². The van der Waals surface area contributed by atoms with E-state index in [0.717, 1.165) is 11.1 Å². The Labute approximate surface area is 122 Å². The van der Waals surface area contributed by atoms with E-state index in [0.29, 0.717) is 17.7 Å². The molecule has 1 aliphatic rings. The van der Waals surface area contributed by atoms with Crippen molar-refractivity contribution in [2.75, 3.05) is 7.11 Å². The second-order valence-electron chi connectivity index (χ2n) is 5.01. The van der Waals surface area contributed by atoms with Crippen LogP contribution in [0.1, 0.15) is 40.1 Å². The Hall–Kier alpha value is -2.33. The van der Waals surface area contributed by atoms with E-state index >= 15 is 0 Å². The molecule has 0 saturated carbocycles. The van der Waals surface area contributed by atoms with E-state index in [4.69, 9.17) is 9.47 Å². The standard InChI is InChI=1S/C17H16O4/c1-20-12-6-4-5-11(9-12)15(18)10-16-13-7-2-3-8-14(13)17(19)21-16/h2-9,15-16,18H,10H2,1H3/t15-,16+/m0/s1. The number of hydrogen-bond donors (Lipinski definition) is 1. The summed E-state index contributed by atoms with van der Waals surface area (Å²) < 4.78 is 10.5. The Balaban J connectivity index is 1.79. The van der Waals surface area contributed by atoms with Crippen LogP contribution in [0.25, 0.3) is 0 Å². The third kappa shape index (κ3) is 2.62. The van der Waals surface area contributed by atoms with Crippen LogP contribution < -0.4 is 4.74 Å². The summed E-state index contributed by atoms with van der Waals surface area (Å²) in [4.78, 5) is 11.8. The lowest BCUT2D eigenvalue weighted by Crippen LogP contribution is -2.06. The van der Waals surface area contributed by atoms with Crippen LogP contribution in [0.15, 0.2) is 48.5 Å². The van der Waals surface area contributed by atoms with Gasteiger partial charge in [0.2, 0.25) is 0 Å². The van der Waals surface area contributed by atoms with Gasteiger partial charge in [-0.05, 0) is 23.8 Å². The maximum absolute atomic E-state index is 11.8. The number of hydrogen-bond acceptors (Lipinski definition) is 4. The molecule has 0 aromatic heterocycles. The average molecular weight is 284 g/mol. The minimum atomic E-state index is -0.718. The zero-order valence-corrected chi connectivity index (χ0v) is 11.7. The number of benzene rings is 2. The normalized spacial score (nSPS) is 18.0. The summed E-state index contributed by atoms with van der Waals surface area (Å²) in [5.74, 6) is 0.365. The van der Waals surface area contributed by atoms with Gasteiger partial charge in [0.1, 0.15) is 11.9 Å². The van der Waals surface area contributed by atoms with Crippen molar-refractivity contribution in [3.63, 3.8) is 0 Å². The quantitative estimate of drug-likeness (QED) is 0.877. The van der Waals surface area contributed by atoms with E-state index in [1.807, 2.05) is 30.3 Å². The van der Waals surface area contributed by atoms with Gasteiger partial charge in [0.15, 0.2) is 0 Å². The molecule has 2 aromatic rings. The van der Waals surface area contributed by atoms with Gasteiger partial charge in [-0.15, -0.1) is 0 Å². The highest BCUT2D eigenvalue weighted by atomic mass is 16.5. The van der Waals surface area contributed by atoms with Gasteiger partial charge in [-0.2, -0.15) is 0 Å². The molecule has 0 aliphatic carbocycles. The highest BCUT2D eigenvalue weighted by molar-refractivity contribution is 5.93. The van der Waals surface area contributed by atoms with Gasteiger partial charge in [-0.1, -0.05) is 30.3 Å². The molecule has 21 heavy (non-hydrogen) atoms. The van der Waals surface area contributed by atoms with Crippen LogP contribution in [0.4, 0.5) is 0 Å². The van der Waals surface area contributed by atoms with Crippen molar-refractivity contribution in [1.82, 2.24) is 0 Å². The van der Waals surface area contributed by atoms with Gasteiger partial charge >= 0.3 is 5.97 Å². The lowest BCUT2D eigenvalue weighted by molar-refractivity contribution is 0.0234. The highest BCUT2D eigenvalue weighted by Crippen LogP contribution is 2.37. The molecule has 0 spiro atoms. The molecule has 3 rings (SSSR count). The number of cyclic esters (lactones) is 1. The van der Waals surface area contributed by atoms with Gasteiger partial charge in [0.25, 0.3) is 0 Å². The average Bonchev–Trinajstić information content (AvgIpc) is 2.84. The zero-order chi connectivity index (χ0) is 14.8. The van der Waals surface area contributed by atoms with Gasteiger partial charge < -0.3 is 14.6 Å². The second-order valence-corrected chi connectivity index (χ2v) is 5.01. The smallest absolute Gasteiger partial charge is 0.339 e. The van der Waals surface area contributed by atoms with Gasteiger partial charge in [-0.3, -0.25) is 0 Å². The number of aliphatic hydroxyl groups is 1. The number of esters is 1. The number of rotatable bonds is 4. The molecule has 4 heteroatoms. The molecule has 0 fully saturated rings. The molecule has 1 aliphatic heterocycles. The fraction of sp³-hybridized carbons (Fsp3) is 0.235. The molecular formula is C17H16O4. The Morgan fingerprint density at radius 2 is 2.05 bits per heavy atom. The van der Waals surface area contributed by atoms with Crippen LogP contribution >= 0.6 is 0 Å². The van der Waals surface area contributed by atoms with Crippen LogP contribution in [0, 0.1) is 0 Å². The zero-order valence-electron chi connectivity index (χ0n) is 11.7. The molecule has 108 valence electrons. The molecule has 2 aromatic carbocycles. The van der Waals surface area contributed by atoms with Gasteiger partial charge in [0, 0.05) is 12.0 Å². The maximum atomic E-state index is 11.8. The Bertz CT molecular complexity index is 665. The van der Waals surface area contributed by atoms with Crippen LogP contribution in [0.3, 0.4) is 0 Å². The maximum Gasteiger partial charge on any atom is 0.339 e. The van der Waals surface area contributed by atoms with Gasteiger partial charge in [0.05, 0.1) is 18.8 Å². The third-order valence-corrected chi connectivity index (χ3v) is 3.69. The predicted octanol–water partition coefficient (Wildman–Crippen LogP) is 3.03.